The molecule has 84 valence electrons. The molecule has 0 spiro atoms. The normalized spacial score (nSPS) is 10.6. The zero-order valence-electron chi connectivity index (χ0n) is 8.41. The number of hydrogen-bond donors (Lipinski definition) is 1. The van der Waals surface area contributed by atoms with E-state index in [2.05, 4.69) is 10.3 Å². The lowest BCUT2D eigenvalue weighted by molar-refractivity contribution is 0.588. The molecular formula is C11H10ClFN2S. The molecule has 2 aromatic rings. The first-order chi connectivity index (χ1) is 7.77. The Morgan fingerprint density at radius 3 is 3.00 bits per heavy atom. The summed E-state index contributed by atoms with van der Waals surface area (Å²) in [5.74, 6) is -0.351. The molecule has 1 heterocycles. The third-order valence-corrected chi connectivity index (χ3v) is 3.18. The minimum atomic E-state index is -0.351. The van der Waals surface area contributed by atoms with Crippen molar-refractivity contribution in [2.24, 2.45) is 0 Å². The Morgan fingerprint density at radius 2 is 2.25 bits per heavy atom. The van der Waals surface area contributed by atoms with Crippen LogP contribution in [0.5, 0.6) is 0 Å². The summed E-state index contributed by atoms with van der Waals surface area (Å²) in [6, 6.07) is 5.00. The van der Waals surface area contributed by atoms with E-state index in [1.54, 1.807) is 35.7 Å². The van der Waals surface area contributed by atoms with Gasteiger partial charge in [-0.25, -0.2) is 9.37 Å². The fraction of sp³-hybridized carbons (Fsp3) is 0.182. The van der Waals surface area contributed by atoms with Gasteiger partial charge in [0.1, 0.15) is 10.8 Å². The molecule has 2 rings (SSSR count). The number of nitrogens with one attached hydrogen (secondary N) is 1. The van der Waals surface area contributed by atoms with E-state index in [0.717, 1.165) is 5.01 Å². The molecule has 0 saturated carbocycles. The minimum absolute atomic E-state index is 0.161. The second kappa shape index (κ2) is 5.39. The summed E-state index contributed by atoms with van der Waals surface area (Å²) in [6.45, 7) is 1.09. The van der Waals surface area contributed by atoms with Crippen molar-refractivity contribution in [1.29, 1.82) is 0 Å². The second-order valence-corrected chi connectivity index (χ2v) is 4.63. The highest BCUT2D eigenvalue weighted by molar-refractivity contribution is 7.09. The summed E-state index contributed by atoms with van der Waals surface area (Å²) >= 11 is 7.25. The van der Waals surface area contributed by atoms with Crippen LogP contribution < -0.4 is 5.32 Å². The summed E-state index contributed by atoms with van der Waals surface area (Å²) < 4.78 is 13.5. The molecule has 0 bridgehead atoms. The maximum absolute atomic E-state index is 13.5. The van der Waals surface area contributed by atoms with Crippen LogP contribution >= 0.6 is 22.9 Å². The molecule has 5 heteroatoms. The van der Waals surface area contributed by atoms with Crippen molar-refractivity contribution >= 4 is 22.9 Å². The lowest BCUT2D eigenvalue weighted by Crippen LogP contribution is -2.13. The zero-order chi connectivity index (χ0) is 11.4. The van der Waals surface area contributed by atoms with E-state index < -0.39 is 0 Å². The molecular weight excluding hydrogens is 247 g/mol. The van der Waals surface area contributed by atoms with Crippen molar-refractivity contribution in [3.63, 3.8) is 0 Å². The first-order valence-corrected chi connectivity index (χ1v) is 6.05. The molecule has 0 aliphatic carbocycles. The maximum atomic E-state index is 13.5. The molecule has 0 fully saturated rings. The van der Waals surface area contributed by atoms with Crippen LogP contribution in [0.25, 0.3) is 0 Å². The zero-order valence-corrected chi connectivity index (χ0v) is 9.98. The molecule has 0 saturated heterocycles. The van der Waals surface area contributed by atoms with E-state index in [9.17, 15) is 4.39 Å². The minimum Gasteiger partial charge on any atom is -0.306 e. The van der Waals surface area contributed by atoms with E-state index >= 15 is 0 Å². The average molecular weight is 257 g/mol. The Balaban J connectivity index is 1.92. The van der Waals surface area contributed by atoms with Gasteiger partial charge >= 0.3 is 0 Å². The molecule has 2 nitrogen and oxygen atoms in total. The van der Waals surface area contributed by atoms with E-state index in [1.807, 2.05) is 5.38 Å². The third kappa shape index (κ3) is 2.78. The standard InChI is InChI=1S/C11H10ClFN2S/c12-9-3-1-2-8(11(9)13)6-14-7-10-15-4-5-16-10/h1-5,14H,6-7H2. The molecule has 0 aliphatic heterocycles. The SMILES string of the molecule is Fc1c(Cl)cccc1CNCc1nccs1. The molecule has 1 N–H and O–H groups in total. The number of nitrogens with zero attached hydrogens (tertiary/aromatic N) is 1. The van der Waals surface area contributed by atoms with Gasteiger partial charge in [-0.1, -0.05) is 23.7 Å². The van der Waals surface area contributed by atoms with E-state index in [4.69, 9.17) is 11.6 Å². The van der Waals surface area contributed by atoms with Gasteiger partial charge in [0.05, 0.1) is 5.02 Å². The van der Waals surface area contributed by atoms with Gasteiger partial charge in [-0.3, -0.25) is 0 Å². The summed E-state index contributed by atoms with van der Waals surface area (Å²) in [5, 5.41) is 6.18. The van der Waals surface area contributed by atoms with Crippen LogP contribution in [0.4, 0.5) is 4.39 Å². The number of hydrogen-bond acceptors (Lipinski definition) is 3. The monoisotopic (exact) mass is 256 g/mol. The molecule has 16 heavy (non-hydrogen) atoms. The maximum Gasteiger partial charge on any atom is 0.146 e. The number of rotatable bonds is 4. The van der Waals surface area contributed by atoms with Crippen molar-refractivity contribution in [3.05, 3.63) is 51.2 Å². The summed E-state index contributed by atoms with van der Waals surface area (Å²) in [5.41, 5.74) is 0.573. The van der Waals surface area contributed by atoms with Crippen LogP contribution in [0.15, 0.2) is 29.8 Å². The second-order valence-electron chi connectivity index (χ2n) is 3.24. The van der Waals surface area contributed by atoms with Crippen LogP contribution in [0.2, 0.25) is 5.02 Å². The van der Waals surface area contributed by atoms with E-state index in [1.165, 1.54) is 0 Å². The smallest absolute Gasteiger partial charge is 0.146 e. The highest BCUT2D eigenvalue weighted by Crippen LogP contribution is 2.17. The van der Waals surface area contributed by atoms with Gasteiger partial charge in [-0.15, -0.1) is 11.3 Å². The quantitative estimate of drug-likeness (QED) is 0.909. The van der Waals surface area contributed by atoms with Crippen LogP contribution in [0, 0.1) is 5.82 Å². The molecule has 0 amide bonds. The van der Waals surface area contributed by atoms with Gasteiger partial charge in [0.15, 0.2) is 0 Å². The van der Waals surface area contributed by atoms with Crippen molar-refractivity contribution in [2.75, 3.05) is 0 Å². The number of thiazole rings is 1. The lowest BCUT2D eigenvalue weighted by Gasteiger charge is -2.05. The molecule has 0 unspecified atom stereocenters. The van der Waals surface area contributed by atoms with Crippen molar-refractivity contribution < 1.29 is 4.39 Å². The fourth-order valence-corrected chi connectivity index (χ4v) is 2.11. The van der Waals surface area contributed by atoms with Gasteiger partial charge < -0.3 is 5.32 Å². The van der Waals surface area contributed by atoms with Crippen LogP contribution in [0.1, 0.15) is 10.6 Å². The van der Waals surface area contributed by atoms with Crippen LogP contribution in [-0.4, -0.2) is 4.98 Å². The Kier molecular flexibility index (Phi) is 3.88. The van der Waals surface area contributed by atoms with Crippen LogP contribution in [0.3, 0.4) is 0 Å². The highest BCUT2D eigenvalue weighted by atomic mass is 35.5. The number of halogens is 2. The summed E-state index contributed by atoms with van der Waals surface area (Å²) in [4.78, 5) is 4.12. The van der Waals surface area contributed by atoms with E-state index in [0.29, 0.717) is 18.7 Å². The predicted molar refractivity (Wildman–Crippen MR) is 64.1 cm³/mol. The van der Waals surface area contributed by atoms with Crippen molar-refractivity contribution in [1.82, 2.24) is 10.3 Å². The third-order valence-electron chi connectivity index (χ3n) is 2.11. The molecule has 0 radical (unpaired) electrons. The van der Waals surface area contributed by atoms with Gasteiger partial charge in [0.25, 0.3) is 0 Å². The van der Waals surface area contributed by atoms with Gasteiger partial charge in [0.2, 0.25) is 0 Å². The molecule has 1 aromatic carbocycles. The Hall–Kier alpha value is -0.970. The first kappa shape index (κ1) is 11.5. The number of benzene rings is 1. The molecule has 0 atom stereocenters. The Labute approximate surface area is 102 Å². The highest BCUT2D eigenvalue weighted by Gasteiger charge is 2.05. The average Bonchev–Trinajstić information content (AvgIpc) is 2.77. The van der Waals surface area contributed by atoms with Crippen molar-refractivity contribution in [2.45, 2.75) is 13.1 Å². The molecule has 1 aromatic heterocycles. The Morgan fingerprint density at radius 1 is 1.38 bits per heavy atom. The molecule has 0 aliphatic rings. The Bertz CT molecular complexity index is 459. The summed E-state index contributed by atoms with van der Waals surface area (Å²) in [6.07, 6.45) is 1.75. The lowest BCUT2D eigenvalue weighted by atomic mass is 10.2. The topological polar surface area (TPSA) is 24.9 Å². The van der Waals surface area contributed by atoms with Gasteiger partial charge in [-0.05, 0) is 6.07 Å². The van der Waals surface area contributed by atoms with E-state index in [-0.39, 0.29) is 10.8 Å². The van der Waals surface area contributed by atoms with Crippen molar-refractivity contribution in [3.8, 4) is 0 Å². The van der Waals surface area contributed by atoms with Gasteiger partial charge in [0, 0.05) is 30.2 Å². The van der Waals surface area contributed by atoms with Gasteiger partial charge in [-0.2, -0.15) is 0 Å². The summed E-state index contributed by atoms with van der Waals surface area (Å²) in [7, 11) is 0. The number of aromatic nitrogens is 1. The predicted octanol–water partition coefficient (Wildman–Crippen LogP) is 3.23. The fourth-order valence-electron chi connectivity index (χ4n) is 1.33. The van der Waals surface area contributed by atoms with Crippen LogP contribution in [-0.2, 0) is 13.1 Å². The first-order valence-electron chi connectivity index (χ1n) is 4.79. The largest absolute Gasteiger partial charge is 0.306 e.